The molecule has 2 atom stereocenters. The number of hydrogen-bond acceptors (Lipinski definition) is 2. The van der Waals surface area contributed by atoms with Crippen LogP contribution in [0.3, 0.4) is 0 Å². The lowest BCUT2D eigenvalue weighted by Gasteiger charge is -2.29. The molecule has 0 amide bonds. The van der Waals surface area contributed by atoms with Crippen LogP contribution in [0.25, 0.3) is 59.8 Å². The van der Waals surface area contributed by atoms with Gasteiger partial charge in [-0.3, -0.25) is 0 Å². The summed E-state index contributed by atoms with van der Waals surface area (Å²) in [7, 11) is 0. The van der Waals surface area contributed by atoms with Crippen molar-refractivity contribution in [2.75, 3.05) is 4.90 Å². The van der Waals surface area contributed by atoms with Gasteiger partial charge in [0.1, 0.15) is 11.2 Å². The molecule has 2 unspecified atom stereocenters. The van der Waals surface area contributed by atoms with Crippen LogP contribution in [0.5, 0.6) is 0 Å². The Morgan fingerprint density at radius 3 is 2.00 bits per heavy atom. The van der Waals surface area contributed by atoms with Crippen LogP contribution in [-0.4, -0.2) is 0 Å². The fourth-order valence-corrected chi connectivity index (χ4v) is 7.87. The molecule has 0 radical (unpaired) electrons. The highest BCUT2D eigenvalue weighted by Crippen LogP contribution is 2.42. The van der Waals surface area contributed by atoms with Gasteiger partial charge in [0.05, 0.1) is 0 Å². The SMILES string of the molecule is C1=CC2C=CC=C(c3ccc(N(c4ccc5c(ccc6ccc7ccccc7c65)c4)c4ccc5c(c4)oc4ccccc45)cc3)C2C=C1. The standard InChI is InChI=1S/C46H31NO/c1-3-11-38-30(8-1)10-7-14-39(38)32-20-22-35(23-21-32)47(37-25-27-43-42-13-5-6-15-44(42)48-45(43)29-37)36-24-26-41-34(28-36)19-18-33-17-16-31-9-2-4-12-40(31)46(33)41/h1-30,38H. The van der Waals surface area contributed by atoms with Gasteiger partial charge in [0.25, 0.3) is 0 Å². The summed E-state index contributed by atoms with van der Waals surface area (Å²) in [6.45, 7) is 0. The number of furan rings is 1. The van der Waals surface area contributed by atoms with E-state index in [2.05, 4.69) is 169 Å². The smallest absolute Gasteiger partial charge is 0.137 e. The van der Waals surface area contributed by atoms with Gasteiger partial charge in [0.2, 0.25) is 0 Å². The Kier molecular flexibility index (Phi) is 6.04. The van der Waals surface area contributed by atoms with Crippen molar-refractivity contribution < 1.29 is 4.42 Å². The van der Waals surface area contributed by atoms with Gasteiger partial charge in [-0.05, 0) is 85.9 Å². The quantitative estimate of drug-likeness (QED) is 0.184. The van der Waals surface area contributed by atoms with Crippen molar-refractivity contribution in [3.63, 3.8) is 0 Å². The van der Waals surface area contributed by atoms with Gasteiger partial charge < -0.3 is 9.32 Å². The maximum Gasteiger partial charge on any atom is 0.137 e. The molecule has 48 heavy (non-hydrogen) atoms. The molecule has 0 spiro atoms. The topological polar surface area (TPSA) is 16.4 Å². The summed E-state index contributed by atoms with van der Waals surface area (Å²) in [5.41, 5.74) is 7.66. The predicted octanol–water partition coefficient (Wildman–Crippen LogP) is 12.8. The van der Waals surface area contributed by atoms with Crippen LogP contribution in [0, 0.1) is 11.8 Å². The summed E-state index contributed by atoms with van der Waals surface area (Å²) in [6.07, 6.45) is 15.7. The van der Waals surface area contributed by atoms with E-state index >= 15 is 0 Å². The van der Waals surface area contributed by atoms with Crippen molar-refractivity contribution in [3.8, 4) is 0 Å². The van der Waals surface area contributed by atoms with Crippen molar-refractivity contribution >= 4 is 76.9 Å². The van der Waals surface area contributed by atoms with Gasteiger partial charge in [-0.2, -0.15) is 0 Å². The highest BCUT2D eigenvalue weighted by atomic mass is 16.3. The van der Waals surface area contributed by atoms with E-state index in [1.165, 1.54) is 43.5 Å². The van der Waals surface area contributed by atoms with E-state index in [-0.39, 0.29) is 0 Å². The summed E-state index contributed by atoms with van der Waals surface area (Å²) in [6, 6.07) is 48.5. The number of para-hydroxylation sites is 1. The first kappa shape index (κ1) is 27.0. The first-order valence-electron chi connectivity index (χ1n) is 16.7. The minimum atomic E-state index is 0.365. The summed E-state index contributed by atoms with van der Waals surface area (Å²) in [5, 5.41) is 9.85. The van der Waals surface area contributed by atoms with E-state index in [4.69, 9.17) is 4.42 Å². The van der Waals surface area contributed by atoms with Gasteiger partial charge in [0, 0.05) is 45.7 Å². The molecule has 8 aromatic rings. The van der Waals surface area contributed by atoms with Crippen molar-refractivity contribution in [2.45, 2.75) is 0 Å². The molecule has 1 heterocycles. The van der Waals surface area contributed by atoms with Crippen LogP contribution in [0.15, 0.2) is 180 Å². The molecule has 2 aliphatic rings. The minimum Gasteiger partial charge on any atom is -0.456 e. The van der Waals surface area contributed by atoms with Crippen LogP contribution in [0.2, 0.25) is 0 Å². The molecule has 0 fully saturated rings. The number of anilines is 3. The second kappa shape index (κ2) is 10.7. The lowest BCUT2D eigenvalue weighted by molar-refractivity contribution is 0.669. The average molecular weight is 614 g/mol. The molecule has 7 aromatic carbocycles. The summed E-state index contributed by atoms with van der Waals surface area (Å²) >= 11 is 0. The highest BCUT2D eigenvalue weighted by Gasteiger charge is 2.24. The number of allylic oxidation sites excluding steroid dienone is 8. The summed E-state index contributed by atoms with van der Waals surface area (Å²) < 4.78 is 6.37. The first-order valence-corrected chi connectivity index (χ1v) is 16.7. The Bertz CT molecular complexity index is 2680. The van der Waals surface area contributed by atoms with Gasteiger partial charge in [-0.15, -0.1) is 0 Å². The first-order chi connectivity index (χ1) is 23.8. The molecule has 0 saturated heterocycles. The zero-order chi connectivity index (χ0) is 31.6. The van der Waals surface area contributed by atoms with E-state index < -0.39 is 0 Å². The third-order valence-electron chi connectivity index (χ3n) is 10.2. The Morgan fingerprint density at radius 1 is 0.458 bits per heavy atom. The molecule has 0 aliphatic heterocycles. The fraction of sp³-hybridized carbons (Fsp3) is 0.0435. The molecule has 2 nitrogen and oxygen atoms in total. The third-order valence-corrected chi connectivity index (χ3v) is 10.2. The van der Waals surface area contributed by atoms with Crippen LogP contribution in [0.1, 0.15) is 5.56 Å². The number of fused-ring (bicyclic) bond motifs is 9. The molecular weight excluding hydrogens is 583 g/mol. The van der Waals surface area contributed by atoms with Crippen molar-refractivity contribution in [2.24, 2.45) is 11.8 Å². The largest absolute Gasteiger partial charge is 0.456 e. The van der Waals surface area contributed by atoms with E-state index in [0.717, 1.165) is 39.0 Å². The van der Waals surface area contributed by atoms with E-state index in [1.54, 1.807) is 0 Å². The molecule has 1 aromatic heterocycles. The number of nitrogens with zero attached hydrogens (tertiary/aromatic N) is 1. The fourth-order valence-electron chi connectivity index (χ4n) is 7.87. The molecule has 0 saturated carbocycles. The normalized spacial score (nSPS) is 17.0. The Labute approximate surface area is 278 Å². The van der Waals surface area contributed by atoms with Gasteiger partial charge in [-0.25, -0.2) is 0 Å². The number of hydrogen-bond donors (Lipinski definition) is 0. The van der Waals surface area contributed by atoms with Crippen molar-refractivity contribution in [1.82, 2.24) is 0 Å². The maximum atomic E-state index is 6.37. The Hall–Kier alpha value is -6.12. The summed E-state index contributed by atoms with van der Waals surface area (Å²) in [4.78, 5) is 2.35. The van der Waals surface area contributed by atoms with E-state index in [1.807, 2.05) is 12.1 Å². The second-order valence-corrected chi connectivity index (χ2v) is 12.9. The van der Waals surface area contributed by atoms with Crippen LogP contribution < -0.4 is 4.90 Å². The lowest BCUT2D eigenvalue weighted by Crippen LogP contribution is -2.15. The van der Waals surface area contributed by atoms with Crippen LogP contribution >= 0.6 is 0 Å². The van der Waals surface area contributed by atoms with Gasteiger partial charge >= 0.3 is 0 Å². The minimum absolute atomic E-state index is 0.365. The number of benzene rings is 7. The van der Waals surface area contributed by atoms with Gasteiger partial charge in [-0.1, -0.05) is 127 Å². The van der Waals surface area contributed by atoms with E-state index in [9.17, 15) is 0 Å². The molecule has 0 N–H and O–H groups in total. The Morgan fingerprint density at radius 2 is 1.10 bits per heavy atom. The molecule has 2 heteroatoms. The average Bonchev–Trinajstić information content (AvgIpc) is 3.53. The zero-order valence-corrected chi connectivity index (χ0v) is 26.3. The summed E-state index contributed by atoms with van der Waals surface area (Å²) in [5.74, 6) is 0.774. The zero-order valence-electron chi connectivity index (χ0n) is 26.3. The van der Waals surface area contributed by atoms with Crippen LogP contribution in [-0.2, 0) is 0 Å². The molecule has 2 aliphatic carbocycles. The Balaban J connectivity index is 1.13. The predicted molar refractivity (Wildman–Crippen MR) is 203 cm³/mol. The lowest BCUT2D eigenvalue weighted by atomic mass is 9.77. The maximum absolute atomic E-state index is 6.37. The van der Waals surface area contributed by atoms with E-state index in [0.29, 0.717) is 11.8 Å². The van der Waals surface area contributed by atoms with Crippen molar-refractivity contribution in [1.29, 1.82) is 0 Å². The molecule has 226 valence electrons. The molecule has 10 rings (SSSR count). The monoisotopic (exact) mass is 613 g/mol. The number of rotatable bonds is 4. The molecule has 0 bridgehead atoms. The molecular formula is C46H31NO. The highest BCUT2D eigenvalue weighted by molar-refractivity contribution is 6.20. The second-order valence-electron chi connectivity index (χ2n) is 12.9. The van der Waals surface area contributed by atoms with Crippen molar-refractivity contribution in [3.05, 3.63) is 182 Å². The van der Waals surface area contributed by atoms with Gasteiger partial charge in [0.15, 0.2) is 0 Å². The van der Waals surface area contributed by atoms with Crippen LogP contribution in [0.4, 0.5) is 17.1 Å². The third kappa shape index (κ3) is 4.27.